The number of likely N-dealkylation sites (tertiary alicyclic amines) is 1. The van der Waals surface area contributed by atoms with Gasteiger partial charge < -0.3 is 19.4 Å². The van der Waals surface area contributed by atoms with Crippen molar-refractivity contribution in [2.45, 2.75) is 25.3 Å². The summed E-state index contributed by atoms with van der Waals surface area (Å²) in [6, 6.07) is 6.03. The molecule has 2 N–H and O–H groups in total. The first-order valence-electron chi connectivity index (χ1n) is 10.4. The highest BCUT2D eigenvalue weighted by molar-refractivity contribution is 9.10. The van der Waals surface area contributed by atoms with E-state index < -0.39 is 22.1 Å². The lowest BCUT2D eigenvalue weighted by Crippen LogP contribution is -2.33. The summed E-state index contributed by atoms with van der Waals surface area (Å²) in [4.78, 5) is 36.9. The molecule has 12 heteroatoms. The summed E-state index contributed by atoms with van der Waals surface area (Å²) in [7, 11) is 1.86. The number of nitrogens with zero attached hydrogens (tertiary/aromatic N) is 2. The van der Waals surface area contributed by atoms with Gasteiger partial charge in [0.25, 0.3) is 5.69 Å². The second-order valence-corrected chi connectivity index (χ2v) is 9.03. The molecule has 1 aromatic heterocycles. The van der Waals surface area contributed by atoms with E-state index in [0.717, 1.165) is 6.07 Å². The van der Waals surface area contributed by atoms with E-state index >= 15 is 0 Å². The number of fused-ring (bicyclic) bond motifs is 1. The fraction of sp³-hybridized carbons (Fsp3) is 0.304. The van der Waals surface area contributed by atoms with Crippen LogP contribution in [0.25, 0.3) is 22.3 Å². The van der Waals surface area contributed by atoms with Gasteiger partial charge >= 0.3 is 5.97 Å². The van der Waals surface area contributed by atoms with Gasteiger partial charge in [-0.05, 0) is 42.0 Å². The van der Waals surface area contributed by atoms with Crippen LogP contribution in [0.1, 0.15) is 24.8 Å². The van der Waals surface area contributed by atoms with Crippen LogP contribution in [0.3, 0.4) is 0 Å². The Kier molecular flexibility index (Phi) is 7.73. The Hall–Kier alpha value is -3.15. The van der Waals surface area contributed by atoms with E-state index in [4.69, 9.17) is 9.15 Å². The minimum absolute atomic E-state index is 0. The summed E-state index contributed by atoms with van der Waals surface area (Å²) in [5.41, 5.74) is 0.0447. The molecule has 35 heavy (non-hydrogen) atoms. The van der Waals surface area contributed by atoms with E-state index in [-0.39, 0.29) is 59.1 Å². The molecule has 10 nitrogen and oxygen atoms in total. The smallest absolute Gasteiger partial charge is 0.302 e. The molecule has 3 aromatic rings. The second kappa shape index (κ2) is 10.2. The lowest BCUT2D eigenvalue weighted by atomic mass is 9.89. The molecule has 2 unspecified atom stereocenters. The highest BCUT2D eigenvalue weighted by Crippen LogP contribution is 2.44. The van der Waals surface area contributed by atoms with Crippen molar-refractivity contribution in [3.05, 3.63) is 60.7 Å². The van der Waals surface area contributed by atoms with Gasteiger partial charge in [0.1, 0.15) is 34.8 Å². The highest BCUT2D eigenvalue weighted by Gasteiger charge is 2.38. The fourth-order valence-corrected chi connectivity index (χ4v) is 4.98. The number of esters is 1. The average molecular weight is 570 g/mol. The zero-order chi connectivity index (χ0) is 24.7. The summed E-state index contributed by atoms with van der Waals surface area (Å²) < 4.78 is 11.6. The Labute approximate surface area is 213 Å². The van der Waals surface area contributed by atoms with Crippen LogP contribution < -0.4 is 5.43 Å². The number of benzene rings is 2. The Balaban J connectivity index is 0.00000342. The maximum absolute atomic E-state index is 13.0. The van der Waals surface area contributed by atoms with Gasteiger partial charge in [0, 0.05) is 52.7 Å². The molecule has 1 saturated heterocycles. The van der Waals surface area contributed by atoms with Gasteiger partial charge in [0.05, 0.1) is 11.0 Å². The lowest BCUT2D eigenvalue weighted by Gasteiger charge is -2.25. The molecule has 1 aliphatic heterocycles. The van der Waals surface area contributed by atoms with Crippen LogP contribution in [-0.2, 0) is 9.53 Å². The first-order valence-corrected chi connectivity index (χ1v) is 11.2. The number of nitro groups is 1. The van der Waals surface area contributed by atoms with Crippen molar-refractivity contribution in [3.63, 3.8) is 0 Å². The molecule has 0 amide bonds. The number of ether oxygens (including phenoxy) is 1. The summed E-state index contributed by atoms with van der Waals surface area (Å²) in [6.45, 7) is 2.04. The van der Waals surface area contributed by atoms with Crippen molar-refractivity contribution in [2.75, 3.05) is 20.2 Å². The van der Waals surface area contributed by atoms with Gasteiger partial charge in [-0.1, -0.05) is 0 Å². The molecule has 0 bridgehead atoms. The minimum Gasteiger partial charge on any atom is -0.507 e. The van der Waals surface area contributed by atoms with E-state index in [9.17, 15) is 29.9 Å². The summed E-state index contributed by atoms with van der Waals surface area (Å²) >= 11 is 3.29. The second-order valence-electron chi connectivity index (χ2n) is 8.17. The zero-order valence-electron chi connectivity index (χ0n) is 18.7. The molecule has 4 rings (SSSR count). The number of hydrogen-bond donors (Lipinski definition) is 2. The van der Waals surface area contributed by atoms with E-state index in [0.29, 0.717) is 28.6 Å². The Morgan fingerprint density at radius 1 is 1.29 bits per heavy atom. The number of halogens is 2. The maximum Gasteiger partial charge on any atom is 0.302 e. The number of rotatable bonds is 5. The molecule has 186 valence electrons. The third-order valence-electron chi connectivity index (χ3n) is 6.08. The summed E-state index contributed by atoms with van der Waals surface area (Å²) in [5, 5.41) is 32.2. The van der Waals surface area contributed by atoms with E-state index in [1.54, 1.807) is 0 Å². The number of hydrogen-bond acceptors (Lipinski definition) is 9. The minimum atomic E-state index is -0.543. The van der Waals surface area contributed by atoms with Crippen LogP contribution in [0.15, 0.2) is 44.0 Å². The summed E-state index contributed by atoms with van der Waals surface area (Å²) in [6.07, 6.45) is 0.588. The molecular formula is C23H22BrClN2O8. The van der Waals surface area contributed by atoms with Crippen molar-refractivity contribution in [2.24, 2.45) is 0 Å². The molecule has 0 saturated carbocycles. The van der Waals surface area contributed by atoms with Gasteiger partial charge in [-0.2, -0.15) is 0 Å². The number of carbonyl (C=O) groups is 1. The molecule has 1 aliphatic rings. The Bertz CT molecular complexity index is 1380. The molecular weight excluding hydrogens is 548 g/mol. The van der Waals surface area contributed by atoms with Gasteiger partial charge in [0.15, 0.2) is 5.43 Å². The molecule has 2 heterocycles. The molecule has 0 spiro atoms. The number of likely N-dealkylation sites (N-methyl/N-ethyl adjacent to an activating group) is 1. The molecule has 0 aliphatic carbocycles. The van der Waals surface area contributed by atoms with Crippen molar-refractivity contribution < 1.29 is 29.1 Å². The van der Waals surface area contributed by atoms with Crippen LogP contribution in [0.5, 0.6) is 11.5 Å². The maximum atomic E-state index is 13.0. The predicted octanol–water partition coefficient (Wildman–Crippen LogP) is 4.31. The largest absolute Gasteiger partial charge is 0.507 e. The van der Waals surface area contributed by atoms with Gasteiger partial charge in [-0.15, -0.1) is 12.4 Å². The molecule has 1 fully saturated rings. The van der Waals surface area contributed by atoms with Crippen LogP contribution in [-0.4, -0.2) is 52.2 Å². The first-order chi connectivity index (χ1) is 16.1. The number of carbonyl (C=O) groups excluding carboxylic acids is 1. The molecule has 2 aromatic carbocycles. The standard InChI is InChI=1S/C23H21BrN2O8.ClH/c1-11(27)33-10-16-14(5-6-25(16)2)21-17(28)8-18(29)22-19(30)9-20(34-23(21)22)13-4-3-12(26(31)32)7-15(13)24;/h3-4,7-9,14,16,28-29H,5-6,10H2,1-2H3;1H. The summed E-state index contributed by atoms with van der Waals surface area (Å²) in [5.74, 6) is -1.36. The predicted molar refractivity (Wildman–Crippen MR) is 133 cm³/mol. The van der Waals surface area contributed by atoms with Crippen LogP contribution in [0, 0.1) is 10.1 Å². The number of phenols is 2. The van der Waals surface area contributed by atoms with Crippen molar-refractivity contribution in [1.29, 1.82) is 0 Å². The third-order valence-corrected chi connectivity index (χ3v) is 6.73. The van der Waals surface area contributed by atoms with Crippen molar-refractivity contribution in [1.82, 2.24) is 4.90 Å². The van der Waals surface area contributed by atoms with Gasteiger partial charge in [-0.3, -0.25) is 24.6 Å². The fourth-order valence-electron chi connectivity index (χ4n) is 4.42. The van der Waals surface area contributed by atoms with Gasteiger partial charge in [-0.25, -0.2) is 0 Å². The van der Waals surface area contributed by atoms with E-state index in [1.165, 1.54) is 31.2 Å². The van der Waals surface area contributed by atoms with Crippen LogP contribution in [0.2, 0.25) is 0 Å². The SMILES string of the molecule is CC(=O)OCC1C(c2c(O)cc(O)c3c(=O)cc(-c4ccc([N+](=O)[O-])cc4Br)oc23)CCN1C.Cl. The topological polar surface area (TPSA) is 143 Å². The lowest BCUT2D eigenvalue weighted by molar-refractivity contribution is -0.384. The van der Waals surface area contributed by atoms with Crippen molar-refractivity contribution >= 4 is 51.0 Å². The van der Waals surface area contributed by atoms with E-state index in [1.807, 2.05) is 11.9 Å². The zero-order valence-corrected chi connectivity index (χ0v) is 21.1. The van der Waals surface area contributed by atoms with Crippen LogP contribution >= 0.6 is 28.3 Å². The number of phenolic OH excluding ortho intramolecular Hbond substituents is 2. The normalized spacial score (nSPS) is 17.8. The first kappa shape index (κ1) is 26.5. The Morgan fingerprint density at radius 2 is 2.00 bits per heavy atom. The average Bonchev–Trinajstić information content (AvgIpc) is 3.11. The Morgan fingerprint density at radius 3 is 2.63 bits per heavy atom. The number of nitro benzene ring substituents is 1. The van der Waals surface area contributed by atoms with Crippen molar-refractivity contribution in [3.8, 4) is 22.8 Å². The van der Waals surface area contributed by atoms with Gasteiger partial charge in [0.2, 0.25) is 0 Å². The molecule has 0 radical (unpaired) electrons. The third kappa shape index (κ3) is 4.97. The number of aromatic hydroxyl groups is 2. The van der Waals surface area contributed by atoms with E-state index in [2.05, 4.69) is 15.9 Å². The number of non-ortho nitro benzene ring substituents is 1. The molecule has 2 atom stereocenters. The van der Waals surface area contributed by atoms with Crippen LogP contribution in [0.4, 0.5) is 5.69 Å². The quantitative estimate of drug-likeness (QED) is 0.261. The monoisotopic (exact) mass is 568 g/mol. The highest BCUT2D eigenvalue weighted by atomic mass is 79.9.